The summed E-state index contributed by atoms with van der Waals surface area (Å²) in [5.41, 5.74) is 5.05. The van der Waals surface area contributed by atoms with Gasteiger partial charge in [-0.1, -0.05) is 152 Å². The van der Waals surface area contributed by atoms with Crippen LogP contribution in [0.2, 0.25) is 0 Å². The summed E-state index contributed by atoms with van der Waals surface area (Å²) in [5.74, 6) is 0.718. The van der Waals surface area contributed by atoms with Crippen LogP contribution in [0.25, 0.3) is 0 Å². The van der Waals surface area contributed by atoms with E-state index < -0.39 is 10.9 Å². The van der Waals surface area contributed by atoms with Crippen LogP contribution in [0.5, 0.6) is 0 Å². The van der Waals surface area contributed by atoms with Crippen LogP contribution in [0.15, 0.2) is 67.1 Å². The van der Waals surface area contributed by atoms with Gasteiger partial charge in [0.1, 0.15) is 79.6 Å². The van der Waals surface area contributed by atoms with Gasteiger partial charge in [-0.25, -0.2) is 0 Å². The second kappa shape index (κ2) is 53.5. The number of ether oxygens (including phenoxy) is 1. The van der Waals surface area contributed by atoms with Gasteiger partial charge in [0.25, 0.3) is 76.0 Å². The van der Waals surface area contributed by atoms with Crippen LogP contribution in [0, 0.1) is 43.8 Å². The first-order chi connectivity index (χ1) is 64.5. The molecular weight excluding hydrogens is 1750 g/mol. The van der Waals surface area contributed by atoms with E-state index in [1.807, 2.05) is 35.5 Å². The summed E-state index contributed by atoms with van der Waals surface area (Å²) in [6.45, 7) is 74.8. The van der Waals surface area contributed by atoms with Gasteiger partial charge in [-0.15, -0.1) is 0 Å². The monoisotopic (exact) mass is 1930 g/mol. The van der Waals surface area contributed by atoms with Crippen molar-refractivity contribution in [1.82, 2.24) is 10.2 Å². The Labute approximate surface area is 821 Å². The van der Waals surface area contributed by atoms with E-state index in [9.17, 15) is 67.1 Å². The van der Waals surface area contributed by atoms with Crippen molar-refractivity contribution in [3.8, 4) is 0 Å². The summed E-state index contributed by atoms with van der Waals surface area (Å²) in [7, 11) is 2.07. The van der Waals surface area contributed by atoms with Crippen molar-refractivity contribution in [2.45, 2.75) is 295 Å². The first-order valence-electron chi connectivity index (χ1n) is 51.7. The Hall–Kier alpha value is -9.36. The number of rotatable bonds is 38. The van der Waals surface area contributed by atoms with Crippen LogP contribution in [0.4, 0.5) is 79.6 Å². The molecule has 5 aliphatic heterocycles. The summed E-state index contributed by atoms with van der Waals surface area (Å²) >= 11 is 0. The fraction of sp³-hybridized carbons (Fsp3) is 0.738. The van der Waals surface area contributed by atoms with Crippen molar-refractivity contribution in [2.75, 3.05) is 249 Å². The van der Waals surface area contributed by atoms with Crippen LogP contribution in [-0.4, -0.2) is 182 Å². The lowest BCUT2D eigenvalue weighted by molar-refractivity contribution is 0.122. The Morgan fingerprint density at radius 1 is 0.283 bits per heavy atom. The molecule has 5 fully saturated rings. The maximum Gasteiger partial charge on any atom is 0.253 e. The smallest absolute Gasteiger partial charge is 0.253 e. The predicted molar refractivity (Wildman–Crippen MR) is 582 cm³/mol. The summed E-state index contributed by atoms with van der Waals surface area (Å²) in [4.78, 5) is 178. The molecule has 0 saturated carbocycles. The summed E-state index contributed by atoms with van der Waals surface area (Å²) in [5, 5.41) is 28.2. The zero-order valence-corrected chi connectivity index (χ0v) is 89.7. The minimum absolute atomic E-state index is 0.294. The average Bonchev–Trinajstić information content (AvgIpc) is 0.759. The number of hydrogen-bond acceptors (Lipinski definition) is 31. The first kappa shape index (κ1) is 117. The van der Waals surface area contributed by atoms with Crippen molar-refractivity contribution >= 4 is 79.6 Å². The van der Waals surface area contributed by atoms with Crippen molar-refractivity contribution < 1.29 is 4.74 Å². The molecule has 0 bridgehead atoms. The molecule has 0 aliphatic carbocycles. The zero-order chi connectivity index (χ0) is 103. The quantitative estimate of drug-likeness (QED) is 0.0128. The summed E-state index contributed by atoms with van der Waals surface area (Å²) in [6, 6.07) is 0. The molecule has 31 nitrogen and oxygen atoms in total. The molecule has 5 heterocycles. The molecule has 9 N–H and O–H groups in total. The third kappa shape index (κ3) is 36.6. The fourth-order valence-electron chi connectivity index (χ4n) is 17.4. The van der Waals surface area contributed by atoms with Crippen LogP contribution in [0.1, 0.15) is 295 Å². The van der Waals surface area contributed by atoms with Crippen molar-refractivity contribution in [3.63, 3.8) is 0 Å². The molecule has 0 atom stereocenters. The lowest BCUT2D eigenvalue weighted by atomic mass is 9.90. The van der Waals surface area contributed by atoms with Gasteiger partial charge in [0.15, 0.2) is 0 Å². The minimum Gasteiger partial charge on any atom is -0.380 e. The second-order valence-corrected chi connectivity index (χ2v) is 46.9. The third-order valence-corrected chi connectivity index (χ3v) is 25.8. The minimum atomic E-state index is -0.398. The molecule has 31 heteroatoms. The Bertz CT molecular complexity index is 5090. The van der Waals surface area contributed by atoms with Gasteiger partial charge in [-0.05, 0) is 194 Å². The number of piperidine rings is 2. The Morgan fingerprint density at radius 2 is 0.522 bits per heavy atom. The molecule has 138 heavy (non-hydrogen) atoms. The highest BCUT2D eigenvalue weighted by Crippen LogP contribution is 2.33. The highest BCUT2D eigenvalue weighted by Gasteiger charge is 2.35. The second-order valence-electron chi connectivity index (χ2n) is 46.9. The third-order valence-electron chi connectivity index (χ3n) is 25.8. The van der Waals surface area contributed by atoms with Gasteiger partial charge in [-0.2, -0.15) is 0 Å². The zero-order valence-electron chi connectivity index (χ0n) is 89.7. The van der Waals surface area contributed by atoms with Gasteiger partial charge in [-0.3, -0.25) is 67.1 Å². The molecular formula is C107H178N16O15. The normalized spacial score (nSPS) is 15.6. The Morgan fingerprint density at radius 3 is 0.804 bits per heavy atom. The van der Waals surface area contributed by atoms with Crippen molar-refractivity contribution in [3.05, 3.63) is 143 Å². The van der Waals surface area contributed by atoms with Gasteiger partial charge >= 0.3 is 0 Å². The predicted octanol–water partition coefficient (Wildman–Crippen LogP) is 13.1. The molecule has 7 aromatic carbocycles. The maximum atomic E-state index is 11.9. The van der Waals surface area contributed by atoms with E-state index >= 15 is 0 Å². The van der Waals surface area contributed by atoms with Crippen molar-refractivity contribution in [1.29, 1.82) is 0 Å². The molecule has 5 saturated heterocycles. The SMILES string of the molecule is CC(C)(C)CCCNc1c(N2CCCCC2)c(=O)c1=O.CC(C)(C)CCCNc1c(N2CCNCC2)c(=O)c1=O.CC(C)(C)CCCNc1c(N2CCOCC2)c(=O)c1=O.CC1CCN(c2c(NCCCC(C)(C)C)c(=O)c2=O)CC1.CCN(CC)c1c(NCCCC(C)(C)C)c(=O)c1=O.CCNc1c(NCCCC(C)(C)C)c(=O)c1=O.CN1CCN(c2c(NCCCC(C)(C)C)c(=O)c2=O)CC1. The van der Waals surface area contributed by atoms with Gasteiger partial charge in [0, 0.05) is 157 Å². The van der Waals surface area contributed by atoms with Crippen LogP contribution >= 0.6 is 0 Å². The molecule has 0 aromatic heterocycles. The number of hydrogen-bond donors (Lipinski definition) is 9. The van der Waals surface area contributed by atoms with Crippen LogP contribution in [0.3, 0.4) is 0 Å². The lowest BCUT2D eigenvalue weighted by Crippen LogP contribution is -2.50. The number of anilines is 14. The highest BCUT2D eigenvalue weighted by atomic mass is 16.5. The standard InChI is InChI=1S/C17H28N2O2.C16H27N3O2.C16H26N2O2.C15H25N3O2.C15H24N2O3.C15H26N2O2.C13H22N2O2/c1-12-6-10-19(11-7-12)14-13(15(20)16(14)21)18-9-5-8-17(2,3)4;1-16(2,3)6-5-7-17-12-13(15(21)14(12)20)19-10-8-18(4)9-11-19;1-16(2,3)8-7-9-17-12-13(15(20)14(12)19)18-10-5-4-6-11-18;1-15(2,3)5-4-6-17-11-12(14(20)13(11)19)18-9-7-16-8-10-18;1-15(2,3)5-4-6-16-11-12(14(19)13(11)18)17-7-9-20-10-8-17;1-6-17(7-2)12-11(13(18)14(12)19)16-10-8-9-15(3,4)5;1-5-14-9-10(12(17)11(9)16)15-8-6-7-13(2,3)4/h12,18H,5-11H2,1-4H3;17H,5-11H2,1-4H3;17H,4-11H2,1-3H3;16-17H,4-10H2,1-3H3;16H,4-10H2,1-3H3;16H,6-10H2,1-5H3;14-15H,5-8H2,1-4H3. The number of morpholine rings is 1. The number of likely N-dealkylation sites (N-methyl/N-ethyl adjacent to an activating group) is 1. The van der Waals surface area contributed by atoms with Gasteiger partial charge in [0.05, 0.1) is 13.2 Å². The van der Waals surface area contributed by atoms with Crippen LogP contribution < -0.4 is 153 Å². The number of nitrogens with one attached hydrogen (secondary N) is 9. The summed E-state index contributed by atoms with van der Waals surface area (Å²) in [6.07, 6.45) is 20.3. The molecule has 0 spiro atoms. The molecule has 776 valence electrons. The van der Waals surface area contributed by atoms with Crippen LogP contribution in [-0.2, 0) is 4.74 Å². The molecule has 0 unspecified atom stereocenters. The van der Waals surface area contributed by atoms with E-state index in [0.29, 0.717) is 150 Å². The van der Waals surface area contributed by atoms with E-state index in [2.05, 4.69) is 227 Å². The molecule has 5 aliphatic rings. The lowest BCUT2D eigenvalue weighted by Gasteiger charge is -2.35. The maximum absolute atomic E-state index is 11.9. The van der Waals surface area contributed by atoms with Gasteiger partial charge < -0.3 is 86.9 Å². The first-order valence-corrected chi connectivity index (χ1v) is 51.7. The highest BCUT2D eigenvalue weighted by molar-refractivity contribution is 5.80. The summed E-state index contributed by atoms with van der Waals surface area (Å²) < 4.78 is 5.27. The number of nitrogens with zero attached hydrogens (tertiary/aromatic N) is 7. The van der Waals surface area contributed by atoms with E-state index in [0.717, 1.165) is 259 Å². The molecule has 0 radical (unpaired) electrons. The van der Waals surface area contributed by atoms with E-state index in [4.69, 9.17) is 4.74 Å². The van der Waals surface area contributed by atoms with Crippen molar-refractivity contribution in [2.24, 2.45) is 43.8 Å². The number of piperazine rings is 2. The molecule has 0 amide bonds. The van der Waals surface area contributed by atoms with E-state index in [1.54, 1.807) is 0 Å². The van der Waals surface area contributed by atoms with Gasteiger partial charge in [0.2, 0.25) is 0 Å². The fourth-order valence-corrected chi connectivity index (χ4v) is 17.4. The average molecular weight is 1930 g/mol. The molecule has 7 aromatic rings. The Balaban J connectivity index is 0.000000247. The largest absolute Gasteiger partial charge is 0.380 e. The molecule has 12 rings (SSSR count). The van der Waals surface area contributed by atoms with E-state index in [1.165, 1.54) is 6.42 Å². The Kier molecular flexibility index (Phi) is 45.5. The topological polar surface area (TPSA) is 379 Å². The van der Waals surface area contributed by atoms with E-state index in [-0.39, 0.29) is 65.1 Å².